The van der Waals surface area contributed by atoms with E-state index in [-0.39, 0.29) is 18.7 Å². The van der Waals surface area contributed by atoms with Gasteiger partial charge in [-0.25, -0.2) is 13.1 Å². The van der Waals surface area contributed by atoms with Crippen molar-refractivity contribution < 1.29 is 26.4 Å². The first-order valence-corrected chi connectivity index (χ1v) is 10.2. The van der Waals surface area contributed by atoms with Crippen molar-refractivity contribution in [1.29, 1.82) is 5.26 Å². The van der Waals surface area contributed by atoms with Gasteiger partial charge in [0.25, 0.3) is 0 Å². The van der Waals surface area contributed by atoms with Gasteiger partial charge in [0, 0.05) is 13.6 Å². The van der Waals surface area contributed by atoms with E-state index in [1.165, 1.54) is 17.2 Å². The Morgan fingerprint density at radius 2 is 1.93 bits per heavy atom. The molecule has 1 aliphatic heterocycles. The molecule has 2 aromatic rings. The molecule has 2 atom stereocenters. The Balaban J connectivity index is 1.78. The van der Waals surface area contributed by atoms with E-state index in [1.54, 1.807) is 31.3 Å². The van der Waals surface area contributed by atoms with Crippen molar-refractivity contribution >= 4 is 10.0 Å². The maximum atomic E-state index is 12.8. The van der Waals surface area contributed by atoms with Crippen LogP contribution in [0.5, 0.6) is 0 Å². The number of hydrogen-bond acceptors (Lipinski definition) is 5. The molecule has 0 aromatic heterocycles. The Labute approximate surface area is 166 Å². The molecule has 0 radical (unpaired) electrons. The van der Waals surface area contributed by atoms with Crippen molar-refractivity contribution in [2.45, 2.75) is 24.0 Å². The van der Waals surface area contributed by atoms with E-state index in [9.17, 15) is 21.6 Å². The van der Waals surface area contributed by atoms with Gasteiger partial charge in [0.1, 0.15) is 5.25 Å². The third-order valence-corrected chi connectivity index (χ3v) is 6.44. The third kappa shape index (κ3) is 4.76. The average Bonchev–Trinajstić information content (AvgIpc) is 3.08. The first kappa shape index (κ1) is 21.3. The van der Waals surface area contributed by atoms with Crippen LogP contribution in [0.3, 0.4) is 0 Å². The van der Waals surface area contributed by atoms with Gasteiger partial charge in [0.05, 0.1) is 29.8 Å². The Bertz CT molecular complexity index is 1020. The molecule has 6 nitrogen and oxygen atoms in total. The van der Waals surface area contributed by atoms with E-state index in [0.717, 1.165) is 12.1 Å². The molecule has 1 heterocycles. The minimum Gasteiger partial charge on any atom is -0.297 e. The fourth-order valence-corrected chi connectivity index (χ4v) is 4.67. The summed E-state index contributed by atoms with van der Waals surface area (Å²) in [5.74, 6) is 0. The fourth-order valence-electron chi connectivity index (χ4n) is 3.18. The van der Waals surface area contributed by atoms with Gasteiger partial charge in [-0.05, 0) is 29.3 Å². The van der Waals surface area contributed by atoms with Gasteiger partial charge in [-0.15, -0.1) is 0 Å². The standard InChI is InChI=1S/C19H18F3N3O3S/c1-25-18(15-7-5-13(10-23)6-8-15)17(12-28-25)29(26,27)24-11-14-3-2-4-16(9-14)19(20,21)22/h2-9,17-18,24H,11-12H2,1H3/t17-,18+/m1/s1. The number of hydroxylamine groups is 2. The van der Waals surface area contributed by atoms with Crippen molar-refractivity contribution in [3.8, 4) is 6.07 Å². The number of halogens is 3. The largest absolute Gasteiger partial charge is 0.416 e. The number of rotatable bonds is 5. The smallest absolute Gasteiger partial charge is 0.297 e. The Hall–Kier alpha value is -2.45. The summed E-state index contributed by atoms with van der Waals surface area (Å²) in [6, 6.07) is 12.4. The molecule has 0 aliphatic carbocycles. The first-order valence-electron chi connectivity index (χ1n) is 8.62. The molecule has 154 valence electrons. The summed E-state index contributed by atoms with van der Waals surface area (Å²) in [6.07, 6.45) is -4.50. The summed E-state index contributed by atoms with van der Waals surface area (Å²) in [4.78, 5) is 5.39. The molecule has 0 unspecified atom stereocenters. The normalized spacial score (nSPS) is 20.5. The van der Waals surface area contributed by atoms with Crippen LogP contribution in [0, 0.1) is 11.3 Å². The van der Waals surface area contributed by atoms with Crippen molar-refractivity contribution in [3.05, 3.63) is 70.8 Å². The lowest BCUT2D eigenvalue weighted by atomic mass is 10.0. The third-order valence-electron chi connectivity index (χ3n) is 4.70. The molecule has 2 aromatic carbocycles. The van der Waals surface area contributed by atoms with Gasteiger partial charge in [-0.3, -0.25) is 4.84 Å². The lowest BCUT2D eigenvalue weighted by Crippen LogP contribution is -2.39. The highest BCUT2D eigenvalue weighted by atomic mass is 32.2. The maximum Gasteiger partial charge on any atom is 0.416 e. The van der Waals surface area contributed by atoms with Crippen molar-refractivity contribution in [2.24, 2.45) is 0 Å². The van der Waals surface area contributed by atoms with Crippen LogP contribution in [-0.2, 0) is 27.6 Å². The molecule has 1 fully saturated rings. The van der Waals surface area contributed by atoms with Gasteiger partial charge in [-0.2, -0.15) is 23.5 Å². The number of nitriles is 1. The van der Waals surface area contributed by atoms with Crippen LogP contribution in [0.4, 0.5) is 13.2 Å². The Morgan fingerprint density at radius 3 is 2.55 bits per heavy atom. The van der Waals surface area contributed by atoms with Crippen LogP contribution in [0.2, 0.25) is 0 Å². The number of nitrogens with zero attached hydrogens (tertiary/aromatic N) is 2. The number of alkyl halides is 3. The van der Waals surface area contributed by atoms with Crippen LogP contribution in [0.1, 0.15) is 28.3 Å². The van der Waals surface area contributed by atoms with E-state index < -0.39 is 33.1 Å². The molecule has 1 saturated heterocycles. The molecular formula is C19H18F3N3O3S. The molecule has 1 N–H and O–H groups in total. The second-order valence-corrected chi connectivity index (χ2v) is 8.61. The van der Waals surface area contributed by atoms with E-state index in [4.69, 9.17) is 10.1 Å². The Kier molecular flexibility index (Phi) is 5.95. The van der Waals surface area contributed by atoms with Gasteiger partial charge in [0.15, 0.2) is 0 Å². The minimum atomic E-state index is -4.50. The monoisotopic (exact) mass is 425 g/mol. The highest BCUT2D eigenvalue weighted by Crippen LogP contribution is 2.34. The Morgan fingerprint density at radius 1 is 1.24 bits per heavy atom. The van der Waals surface area contributed by atoms with Crippen molar-refractivity contribution in [2.75, 3.05) is 13.7 Å². The van der Waals surface area contributed by atoms with E-state index in [1.807, 2.05) is 6.07 Å². The number of benzene rings is 2. The zero-order chi connectivity index (χ0) is 21.2. The van der Waals surface area contributed by atoms with E-state index in [2.05, 4.69) is 4.72 Å². The molecular weight excluding hydrogens is 407 g/mol. The second-order valence-electron chi connectivity index (χ2n) is 6.62. The van der Waals surface area contributed by atoms with Crippen molar-refractivity contribution in [3.63, 3.8) is 0 Å². The quantitative estimate of drug-likeness (QED) is 0.797. The van der Waals surface area contributed by atoms with E-state index >= 15 is 0 Å². The average molecular weight is 425 g/mol. The van der Waals surface area contributed by atoms with Crippen molar-refractivity contribution in [1.82, 2.24) is 9.79 Å². The number of nitrogens with one attached hydrogen (secondary N) is 1. The van der Waals surface area contributed by atoms with Gasteiger partial charge >= 0.3 is 6.18 Å². The van der Waals surface area contributed by atoms with Crippen LogP contribution < -0.4 is 4.72 Å². The lowest BCUT2D eigenvalue weighted by molar-refractivity contribution is -0.137. The van der Waals surface area contributed by atoms with E-state index in [0.29, 0.717) is 11.1 Å². The zero-order valence-corrected chi connectivity index (χ0v) is 16.2. The van der Waals surface area contributed by atoms with Crippen LogP contribution >= 0.6 is 0 Å². The topological polar surface area (TPSA) is 82.4 Å². The van der Waals surface area contributed by atoms with Crippen LogP contribution in [0.25, 0.3) is 0 Å². The SMILES string of the molecule is CN1OC[C@@H](S(=O)(=O)NCc2cccc(C(F)(F)F)c2)[C@@H]1c1ccc(C#N)cc1. The zero-order valence-electron chi connectivity index (χ0n) is 15.3. The summed E-state index contributed by atoms with van der Waals surface area (Å²) >= 11 is 0. The molecule has 3 rings (SSSR count). The molecule has 0 bridgehead atoms. The van der Waals surface area contributed by atoms with Gasteiger partial charge in [-0.1, -0.05) is 30.3 Å². The predicted molar refractivity (Wildman–Crippen MR) is 98.6 cm³/mol. The summed E-state index contributed by atoms with van der Waals surface area (Å²) in [5.41, 5.74) is 0.454. The summed E-state index contributed by atoms with van der Waals surface area (Å²) in [7, 11) is -2.31. The highest BCUT2D eigenvalue weighted by Gasteiger charge is 2.43. The van der Waals surface area contributed by atoms with Crippen LogP contribution in [0.15, 0.2) is 48.5 Å². The summed E-state index contributed by atoms with van der Waals surface area (Å²) in [5, 5.41) is 9.37. The fraction of sp³-hybridized carbons (Fsp3) is 0.316. The first-order chi connectivity index (χ1) is 13.6. The molecule has 0 spiro atoms. The molecule has 1 aliphatic rings. The molecule has 10 heteroatoms. The summed E-state index contributed by atoms with van der Waals surface area (Å²) in [6.45, 7) is -0.369. The van der Waals surface area contributed by atoms with Gasteiger partial charge in [0.2, 0.25) is 10.0 Å². The maximum absolute atomic E-state index is 12.8. The number of hydrogen-bond donors (Lipinski definition) is 1. The molecule has 0 amide bonds. The van der Waals surface area contributed by atoms with Crippen LogP contribution in [-0.4, -0.2) is 32.4 Å². The summed E-state index contributed by atoms with van der Waals surface area (Å²) < 4.78 is 66.6. The van der Waals surface area contributed by atoms with Gasteiger partial charge < -0.3 is 0 Å². The highest BCUT2D eigenvalue weighted by molar-refractivity contribution is 7.90. The molecule has 0 saturated carbocycles. The minimum absolute atomic E-state index is 0.0981. The number of sulfonamides is 1. The second kappa shape index (κ2) is 8.12. The lowest BCUT2D eigenvalue weighted by Gasteiger charge is -2.23. The predicted octanol–water partition coefficient (Wildman–Crippen LogP) is 2.98. The molecule has 29 heavy (non-hydrogen) atoms.